The molecule has 3 heteroatoms. The Bertz CT molecular complexity index is 267. The third-order valence-electron chi connectivity index (χ3n) is 5.25. The van der Waals surface area contributed by atoms with E-state index in [1.165, 1.54) is 25.8 Å². The smallest absolute Gasteiger partial charge is 0.0652 e. The topological polar surface area (TPSA) is 33.3 Å². The van der Waals surface area contributed by atoms with Crippen molar-refractivity contribution in [2.75, 3.05) is 20.2 Å². The van der Waals surface area contributed by atoms with Crippen LogP contribution in [0, 0.1) is 11.3 Å². The first-order valence-corrected chi connectivity index (χ1v) is 7.57. The minimum atomic E-state index is 0.285. The third kappa shape index (κ3) is 2.89. The standard InChI is InChI=1S/C15H30N2O/c1-5-11-6-7-16-12(8-11)10-17-13-9-14(18-4)15(13,2)3/h11-14,16-17H,5-10H2,1-4H3. The van der Waals surface area contributed by atoms with Gasteiger partial charge < -0.3 is 15.4 Å². The van der Waals surface area contributed by atoms with Crippen LogP contribution < -0.4 is 10.6 Å². The van der Waals surface area contributed by atoms with Gasteiger partial charge in [-0.1, -0.05) is 27.2 Å². The lowest BCUT2D eigenvalue weighted by Gasteiger charge is -2.52. The molecule has 1 saturated heterocycles. The van der Waals surface area contributed by atoms with Gasteiger partial charge in [0.25, 0.3) is 0 Å². The third-order valence-corrected chi connectivity index (χ3v) is 5.25. The molecule has 0 bridgehead atoms. The van der Waals surface area contributed by atoms with E-state index in [9.17, 15) is 0 Å². The van der Waals surface area contributed by atoms with Gasteiger partial charge in [0.05, 0.1) is 6.10 Å². The molecule has 2 aliphatic rings. The van der Waals surface area contributed by atoms with Crippen LogP contribution in [0.3, 0.4) is 0 Å². The highest BCUT2D eigenvalue weighted by molar-refractivity contribution is 5.03. The summed E-state index contributed by atoms with van der Waals surface area (Å²) in [5, 5.41) is 7.39. The number of nitrogens with one attached hydrogen (secondary N) is 2. The Morgan fingerprint density at radius 2 is 2.11 bits per heavy atom. The van der Waals surface area contributed by atoms with Crippen LogP contribution in [0.25, 0.3) is 0 Å². The van der Waals surface area contributed by atoms with Crippen molar-refractivity contribution in [3.05, 3.63) is 0 Å². The van der Waals surface area contributed by atoms with E-state index in [1.807, 2.05) is 7.11 Å². The lowest BCUT2D eigenvalue weighted by molar-refractivity contribution is -0.0978. The van der Waals surface area contributed by atoms with E-state index in [0.717, 1.165) is 18.9 Å². The summed E-state index contributed by atoms with van der Waals surface area (Å²) >= 11 is 0. The van der Waals surface area contributed by atoms with Crippen molar-refractivity contribution in [1.82, 2.24) is 10.6 Å². The second-order valence-corrected chi connectivity index (χ2v) is 6.69. The maximum Gasteiger partial charge on any atom is 0.0652 e. The van der Waals surface area contributed by atoms with Gasteiger partial charge in [-0.15, -0.1) is 0 Å². The predicted octanol–water partition coefficient (Wildman–Crippen LogP) is 2.17. The van der Waals surface area contributed by atoms with E-state index in [2.05, 4.69) is 31.4 Å². The van der Waals surface area contributed by atoms with Gasteiger partial charge in [0.1, 0.15) is 0 Å². The minimum Gasteiger partial charge on any atom is -0.381 e. The fraction of sp³-hybridized carbons (Fsp3) is 1.00. The molecule has 0 aromatic rings. The molecule has 2 rings (SSSR count). The van der Waals surface area contributed by atoms with E-state index in [0.29, 0.717) is 18.2 Å². The fourth-order valence-corrected chi connectivity index (χ4v) is 3.54. The Morgan fingerprint density at radius 1 is 1.33 bits per heavy atom. The Kier molecular flexibility index (Phi) is 4.68. The van der Waals surface area contributed by atoms with Gasteiger partial charge in [0.2, 0.25) is 0 Å². The van der Waals surface area contributed by atoms with Gasteiger partial charge in [0, 0.05) is 31.2 Å². The summed E-state index contributed by atoms with van der Waals surface area (Å²) in [5.41, 5.74) is 0.285. The number of hydrogen-bond donors (Lipinski definition) is 2. The van der Waals surface area contributed by atoms with Crippen LogP contribution in [-0.4, -0.2) is 38.4 Å². The molecule has 1 heterocycles. The zero-order valence-electron chi connectivity index (χ0n) is 12.5. The molecular weight excluding hydrogens is 224 g/mol. The van der Waals surface area contributed by atoms with Gasteiger partial charge in [0.15, 0.2) is 0 Å². The summed E-state index contributed by atoms with van der Waals surface area (Å²) in [4.78, 5) is 0. The first-order chi connectivity index (χ1) is 8.57. The monoisotopic (exact) mass is 254 g/mol. The second-order valence-electron chi connectivity index (χ2n) is 6.69. The fourth-order valence-electron chi connectivity index (χ4n) is 3.54. The van der Waals surface area contributed by atoms with Gasteiger partial charge in [-0.05, 0) is 31.7 Å². The molecule has 0 aromatic carbocycles. The molecule has 1 aliphatic carbocycles. The molecule has 1 aliphatic heterocycles. The van der Waals surface area contributed by atoms with Crippen LogP contribution in [0.1, 0.15) is 46.5 Å². The number of methoxy groups -OCH3 is 1. The number of ether oxygens (including phenoxy) is 1. The van der Waals surface area contributed by atoms with Crippen molar-refractivity contribution in [3.8, 4) is 0 Å². The summed E-state index contributed by atoms with van der Waals surface area (Å²) in [6, 6.07) is 1.28. The lowest BCUT2D eigenvalue weighted by Crippen LogP contribution is -2.62. The van der Waals surface area contributed by atoms with Crippen LogP contribution in [0.5, 0.6) is 0 Å². The summed E-state index contributed by atoms with van der Waals surface area (Å²) in [5.74, 6) is 0.930. The maximum atomic E-state index is 5.50. The molecular formula is C15H30N2O. The zero-order chi connectivity index (χ0) is 13.2. The molecule has 2 fully saturated rings. The quantitative estimate of drug-likeness (QED) is 0.789. The minimum absolute atomic E-state index is 0.285. The lowest BCUT2D eigenvalue weighted by atomic mass is 9.64. The Labute approximate surface area is 112 Å². The molecule has 4 atom stereocenters. The second kappa shape index (κ2) is 5.89. The van der Waals surface area contributed by atoms with Crippen LogP contribution >= 0.6 is 0 Å². The number of rotatable bonds is 5. The van der Waals surface area contributed by atoms with Gasteiger partial charge in [-0.2, -0.15) is 0 Å². The molecule has 0 amide bonds. The summed E-state index contributed by atoms with van der Waals surface area (Å²) in [7, 11) is 1.83. The van der Waals surface area contributed by atoms with Gasteiger partial charge >= 0.3 is 0 Å². The predicted molar refractivity (Wildman–Crippen MR) is 75.8 cm³/mol. The molecule has 18 heavy (non-hydrogen) atoms. The molecule has 0 spiro atoms. The van der Waals surface area contributed by atoms with Crippen molar-refractivity contribution in [2.45, 2.75) is 64.6 Å². The number of hydrogen-bond acceptors (Lipinski definition) is 3. The molecule has 0 aromatic heterocycles. The van der Waals surface area contributed by atoms with E-state index >= 15 is 0 Å². The molecule has 3 nitrogen and oxygen atoms in total. The molecule has 1 saturated carbocycles. The van der Waals surface area contributed by atoms with Crippen LogP contribution in [0.4, 0.5) is 0 Å². The first kappa shape index (κ1) is 14.3. The molecule has 106 valence electrons. The summed E-state index contributed by atoms with van der Waals surface area (Å²) < 4.78 is 5.50. The van der Waals surface area contributed by atoms with E-state index in [4.69, 9.17) is 4.74 Å². The maximum absolute atomic E-state index is 5.50. The van der Waals surface area contributed by atoms with Gasteiger partial charge in [-0.3, -0.25) is 0 Å². The largest absolute Gasteiger partial charge is 0.381 e. The van der Waals surface area contributed by atoms with Crippen molar-refractivity contribution in [2.24, 2.45) is 11.3 Å². The Morgan fingerprint density at radius 3 is 2.72 bits per heavy atom. The Hall–Kier alpha value is -0.120. The highest BCUT2D eigenvalue weighted by Gasteiger charge is 2.48. The summed E-state index contributed by atoms with van der Waals surface area (Å²) in [6.07, 6.45) is 5.61. The van der Waals surface area contributed by atoms with Crippen molar-refractivity contribution in [3.63, 3.8) is 0 Å². The number of piperidine rings is 1. The van der Waals surface area contributed by atoms with Crippen molar-refractivity contribution in [1.29, 1.82) is 0 Å². The van der Waals surface area contributed by atoms with E-state index in [1.54, 1.807) is 0 Å². The van der Waals surface area contributed by atoms with E-state index in [-0.39, 0.29) is 5.41 Å². The van der Waals surface area contributed by atoms with Crippen LogP contribution in [0.15, 0.2) is 0 Å². The Balaban J connectivity index is 1.72. The molecule has 4 unspecified atom stereocenters. The van der Waals surface area contributed by atoms with Crippen molar-refractivity contribution >= 4 is 0 Å². The first-order valence-electron chi connectivity index (χ1n) is 7.57. The molecule has 2 N–H and O–H groups in total. The summed E-state index contributed by atoms with van der Waals surface area (Å²) in [6.45, 7) is 9.25. The molecule has 0 radical (unpaired) electrons. The zero-order valence-corrected chi connectivity index (χ0v) is 12.5. The van der Waals surface area contributed by atoms with Gasteiger partial charge in [-0.25, -0.2) is 0 Å². The highest BCUT2D eigenvalue weighted by atomic mass is 16.5. The normalized spacial score (nSPS) is 39.3. The average Bonchev–Trinajstić information content (AvgIpc) is 2.38. The van der Waals surface area contributed by atoms with Crippen molar-refractivity contribution < 1.29 is 4.74 Å². The highest BCUT2D eigenvalue weighted by Crippen LogP contribution is 2.42. The van der Waals surface area contributed by atoms with E-state index < -0.39 is 0 Å². The van der Waals surface area contributed by atoms with Crippen LogP contribution in [0.2, 0.25) is 0 Å². The average molecular weight is 254 g/mol. The van der Waals surface area contributed by atoms with Crippen LogP contribution in [-0.2, 0) is 4.74 Å². The SMILES string of the molecule is CCC1CCNC(CNC2CC(OC)C2(C)C)C1.